The van der Waals surface area contributed by atoms with E-state index in [2.05, 4.69) is 6.92 Å². The summed E-state index contributed by atoms with van der Waals surface area (Å²) in [5.41, 5.74) is 15.9. The van der Waals surface area contributed by atoms with Gasteiger partial charge >= 0.3 is 0 Å². The molecule has 0 atom stereocenters. The summed E-state index contributed by atoms with van der Waals surface area (Å²) in [5.74, 6) is 0. The molecular weight excluding hydrogens is 172 g/mol. The van der Waals surface area contributed by atoms with Crippen LogP contribution in [0.4, 0.5) is 11.4 Å². The second kappa shape index (κ2) is 4.89. The minimum atomic E-state index is 0.852. The van der Waals surface area contributed by atoms with Crippen molar-refractivity contribution in [2.45, 2.75) is 39.5 Å². The van der Waals surface area contributed by atoms with Crippen molar-refractivity contribution in [1.29, 1.82) is 0 Å². The highest BCUT2D eigenvalue weighted by atomic mass is 14.6. The number of hydrogen-bond acceptors (Lipinski definition) is 2. The topological polar surface area (TPSA) is 52.0 Å². The minimum absolute atomic E-state index is 0.852. The maximum absolute atomic E-state index is 5.92. The summed E-state index contributed by atoms with van der Waals surface area (Å²) in [6.07, 6.45) is 4.75. The van der Waals surface area contributed by atoms with Crippen LogP contribution in [0.5, 0.6) is 0 Å². The number of anilines is 2. The average molecular weight is 192 g/mol. The summed E-state index contributed by atoms with van der Waals surface area (Å²) >= 11 is 0. The molecule has 14 heavy (non-hydrogen) atoms. The van der Waals surface area contributed by atoms with Crippen molar-refractivity contribution in [1.82, 2.24) is 0 Å². The van der Waals surface area contributed by atoms with E-state index in [0.29, 0.717) is 0 Å². The number of nitrogens with two attached hydrogens (primary N) is 2. The third-order valence-corrected chi connectivity index (χ3v) is 2.71. The van der Waals surface area contributed by atoms with E-state index >= 15 is 0 Å². The van der Waals surface area contributed by atoms with Gasteiger partial charge in [-0.1, -0.05) is 19.8 Å². The Morgan fingerprint density at radius 2 is 1.71 bits per heavy atom. The molecule has 1 rings (SSSR count). The van der Waals surface area contributed by atoms with Gasteiger partial charge in [-0.25, -0.2) is 0 Å². The highest BCUT2D eigenvalue weighted by Gasteiger charge is 2.05. The molecule has 0 aromatic heterocycles. The molecule has 0 amide bonds. The third kappa shape index (κ3) is 2.41. The number of nitrogen functional groups attached to an aromatic ring is 2. The van der Waals surface area contributed by atoms with E-state index in [1.807, 2.05) is 19.1 Å². The molecule has 0 spiro atoms. The summed E-state index contributed by atoms with van der Waals surface area (Å²) in [6.45, 7) is 4.25. The predicted molar refractivity (Wildman–Crippen MR) is 63.2 cm³/mol. The van der Waals surface area contributed by atoms with Crippen LogP contribution in [0.15, 0.2) is 12.1 Å². The van der Waals surface area contributed by atoms with Crippen molar-refractivity contribution in [3.8, 4) is 0 Å². The minimum Gasteiger partial charge on any atom is -0.399 e. The van der Waals surface area contributed by atoms with E-state index < -0.39 is 0 Å². The normalized spacial score (nSPS) is 10.4. The lowest BCUT2D eigenvalue weighted by molar-refractivity contribution is 0.716. The van der Waals surface area contributed by atoms with E-state index in [0.717, 1.165) is 23.4 Å². The molecule has 0 unspecified atom stereocenters. The van der Waals surface area contributed by atoms with Crippen LogP contribution in [0.2, 0.25) is 0 Å². The molecule has 0 aliphatic heterocycles. The van der Waals surface area contributed by atoms with Gasteiger partial charge in [0.1, 0.15) is 0 Å². The number of benzene rings is 1. The molecule has 0 fully saturated rings. The molecule has 78 valence electrons. The maximum Gasteiger partial charge on any atom is 0.0350 e. The lowest BCUT2D eigenvalue weighted by Gasteiger charge is -2.11. The quantitative estimate of drug-likeness (QED) is 0.569. The van der Waals surface area contributed by atoms with Crippen LogP contribution in [-0.2, 0) is 6.42 Å². The van der Waals surface area contributed by atoms with Crippen LogP contribution in [-0.4, -0.2) is 0 Å². The zero-order valence-corrected chi connectivity index (χ0v) is 9.14. The van der Waals surface area contributed by atoms with Gasteiger partial charge in [-0.3, -0.25) is 0 Å². The predicted octanol–water partition coefficient (Wildman–Crippen LogP) is 2.89. The zero-order chi connectivity index (χ0) is 10.6. The van der Waals surface area contributed by atoms with Gasteiger partial charge in [-0.2, -0.15) is 0 Å². The van der Waals surface area contributed by atoms with Crippen LogP contribution in [0.3, 0.4) is 0 Å². The Morgan fingerprint density at radius 3 is 2.36 bits per heavy atom. The monoisotopic (exact) mass is 192 g/mol. The Morgan fingerprint density at radius 1 is 1.07 bits per heavy atom. The molecule has 2 heteroatoms. The van der Waals surface area contributed by atoms with Gasteiger partial charge in [0.05, 0.1) is 0 Å². The fourth-order valence-corrected chi connectivity index (χ4v) is 1.68. The first kappa shape index (κ1) is 10.9. The molecule has 1 aromatic rings. The van der Waals surface area contributed by atoms with Crippen molar-refractivity contribution in [2.24, 2.45) is 0 Å². The first-order valence-corrected chi connectivity index (χ1v) is 5.30. The summed E-state index contributed by atoms with van der Waals surface area (Å²) in [6, 6.07) is 3.79. The van der Waals surface area contributed by atoms with Gasteiger partial charge in [-0.15, -0.1) is 0 Å². The summed E-state index contributed by atoms with van der Waals surface area (Å²) in [5, 5.41) is 0. The van der Waals surface area contributed by atoms with Gasteiger partial charge in [0, 0.05) is 11.4 Å². The fraction of sp³-hybridized carbons (Fsp3) is 0.500. The van der Waals surface area contributed by atoms with Gasteiger partial charge in [0.2, 0.25) is 0 Å². The Balaban J connectivity index is 2.79. The SMILES string of the molecule is CCCCCc1c(N)ccc(N)c1C. The number of unbranched alkanes of at least 4 members (excludes halogenated alkanes) is 2. The zero-order valence-electron chi connectivity index (χ0n) is 9.14. The van der Waals surface area contributed by atoms with E-state index in [4.69, 9.17) is 11.5 Å². The Labute approximate surface area is 86.3 Å². The van der Waals surface area contributed by atoms with Crippen molar-refractivity contribution < 1.29 is 0 Å². The van der Waals surface area contributed by atoms with Crippen molar-refractivity contribution >= 4 is 11.4 Å². The average Bonchev–Trinajstić information content (AvgIpc) is 2.18. The molecule has 4 N–H and O–H groups in total. The summed E-state index contributed by atoms with van der Waals surface area (Å²) in [4.78, 5) is 0. The standard InChI is InChI=1S/C12H20N2/c1-3-4-5-6-10-9(2)11(13)7-8-12(10)14/h7-8H,3-6,13-14H2,1-2H3. The smallest absolute Gasteiger partial charge is 0.0350 e. The van der Waals surface area contributed by atoms with Crippen molar-refractivity contribution in [3.63, 3.8) is 0 Å². The highest BCUT2D eigenvalue weighted by Crippen LogP contribution is 2.24. The molecule has 0 radical (unpaired) electrons. The second-order valence-corrected chi connectivity index (χ2v) is 3.80. The molecule has 0 aliphatic carbocycles. The van der Waals surface area contributed by atoms with E-state index in [1.54, 1.807) is 0 Å². The van der Waals surface area contributed by atoms with Crippen molar-refractivity contribution in [3.05, 3.63) is 23.3 Å². The van der Waals surface area contributed by atoms with Gasteiger partial charge in [-0.05, 0) is 43.0 Å². The van der Waals surface area contributed by atoms with E-state index in [9.17, 15) is 0 Å². The van der Waals surface area contributed by atoms with Crippen LogP contribution in [0, 0.1) is 6.92 Å². The van der Waals surface area contributed by atoms with Gasteiger partial charge in [0.15, 0.2) is 0 Å². The molecule has 1 aromatic carbocycles. The first-order chi connectivity index (χ1) is 6.66. The van der Waals surface area contributed by atoms with Gasteiger partial charge in [0.25, 0.3) is 0 Å². The Bertz CT molecular complexity index is 305. The molecule has 0 saturated heterocycles. The molecular formula is C12H20N2. The molecule has 0 aliphatic rings. The van der Waals surface area contributed by atoms with E-state index in [-0.39, 0.29) is 0 Å². The summed E-state index contributed by atoms with van der Waals surface area (Å²) in [7, 11) is 0. The number of rotatable bonds is 4. The lowest BCUT2D eigenvalue weighted by atomic mass is 9.99. The molecule has 0 saturated carbocycles. The number of hydrogen-bond donors (Lipinski definition) is 2. The van der Waals surface area contributed by atoms with Crippen LogP contribution < -0.4 is 11.5 Å². The first-order valence-electron chi connectivity index (χ1n) is 5.30. The maximum atomic E-state index is 5.92. The second-order valence-electron chi connectivity index (χ2n) is 3.80. The van der Waals surface area contributed by atoms with E-state index in [1.165, 1.54) is 24.8 Å². The lowest BCUT2D eigenvalue weighted by Crippen LogP contribution is -2.01. The Hall–Kier alpha value is -1.18. The molecule has 0 bridgehead atoms. The fourth-order valence-electron chi connectivity index (χ4n) is 1.68. The van der Waals surface area contributed by atoms with Crippen molar-refractivity contribution in [2.75, 3.05) is 11.5 Å². The highest BCUT2D eigenvalue weighted by molar-refractivity contribution is 5.61. The van der Waals surface area contributed by atoms with Crippen LogP contribution in [0.25, 0.3) is 0 Å². The Kier molecular flexibility index (Phi) is 3.81. The molecule has 0 heterocycles. The third-order valence-electron chi connectivity index (χ3n) is 2.71. The van der Waals surface area contributed by atoms with Crippen LogP contribution in [0.1, 0.15) is 37.3 Å². The van der Waals surface area contributed by atoms with Crippen LogP contribution >= 0.6 is 0 Å². The summed E-state index contributed by atoms with van der Waals surface area (Å²) < 4.78 is 0. The van der Waals surface area contributed by atoms with Gasteiger partial charge < -0.3 is 11.5 Å². The largest absolute Gasteiger partial charge is 0.399 e. The molecule has 2 nitrogen and oxygen atoms in total.